The largest absolute Gasteiger partial charge is 0.467 e. The summed E-state index contributed by atoms with van der Waals surface area (Å²) in [6.45, 7) is 4.63. The Bertz CT molecular complexity index is 1080. The molecule has 170 valence electrons. The Kier molecular flexibility index (Phi) is 8.25. The van der Waals surface area contributed by atoms with Crippen molar-refractivity contribution in [3.8, 4) is 0 Å². The Labute approximate surface area is 190 Å². The van der Waals surface area contributed by atoms with Gasteiger partial charge in [0.25, 0.3) is 0 Å². The van der Waals surface area contributed by atoms with Crippen molar-refractivity contribution < 1.29 is 17.6 Å². The highest BCUT2D eigenvalue weighted by Gasteiger charge is 2.28. The van der Waals surface area contributed by atoms with E-state index in [1.165, 1.54) is 4.31 Å². The minimum atomic E-state index is -3.78. The van der Waals surface area contributed by atoms with Gasteiger partial charge in [-0.05, 0) is 49.6 Å². The van der Waals surface area contributed by atoms with Crippen LogP contribution in [0.5, 0.6) is 0 Å². The second kappa shape index (κ2) is 11.1. The monoisotopic (exact) mass is 454 g/mol. The number of hydrogen-bond acceptors (Lipinski definition) is 4. The lowest BCUT2D eigenvalue weighted by molar-refractivity contribution is -0.132. The molecule has 7 heteroatoms. The van der Waals surface area contributed by atoms with Crippen LogP contribution in [0.25, 0.3) is 0 Å². The van der Waals surface area contributed by atoms with Gasteiger partial charge in [-0.2, -0.15) is 4.31 Å². The van der Waals surface area contributed by atoms with E-state index in [2.05, 4.69) is 0 Å². The zero-order valence-electron chi connectivity index (χ0n) is 18.6. The van der Waals surface area contributed by atoms with E-state index in [0.717, 1.165) is 11.1 Å². The quantitative estimate of drug-likeness (QED) is 0.434. The van der Waals surface area contributed by atoms with Crippen molar-refractivity contribution in [2.45, 2.75) is 38.1 Å². The number of hydrogen-bond donors (Lipinski definition) is 0. The Morgan fingerprint density at radius 1 is 0.938 bits per heavy atom. The molecule has 0 radical (unpaired) electrons. The molecule has 6 nitrogen and oxygen atoms in total. The molecular formula is C25H30N2O4S. The molecule has 3 aromatic rings. The summed E-state index contributed by atoms with van der Waals surface area (Å²) < 4.78 is 33.2. The minimum Gasteiger partial charge on any atom is -0.467 e. The highest BCUT2D eigenvalue weighted by atomic mass is 32.2. The van der Waals surface area contributed by atoms with Crippen LogP contribution in [0.15, 0.2) is 82.3 Å². The maximum absolute atomic E-state index is 13.3. The van der Waals surface area contributed by atoms with Gasteiger partial charge in [-0.15, -0.1) is 0 Å². The lowest BCUT2D eigenvalue weighted by atomic mass is 10.1. The normalized spacial score (nSPS) is 11.6. The molecule has 3 rings (SSSR count). The maximum Gasteiger partial charge on any atom is 0.243 e. The number of sulfonamides is 1. The molecule has 32 heavy (non-hydrogen) atoms. The molecule has 0 saturated heterocycles. The van der Waals surface area contributed by atoms with Crippen LogP contribution in [0, 0.1) is 6.92 Å². The second-order valence-electron chi connectivity index (χ2n) is 7.78. The first kappa shape index (κ1) is 23.8. The van der Waals surface area contributed by atoms with Gasteiger partial charge in [-0.1, -0.05) is 55.0 Å². The third-order valence-corrected chi connectivity index (χ3v) is 7.10. The lowest BCUT2D eigenvalue weighted by Gasteiger charge is -2.27. The van der Waals surface area contributed by atoms with E-state index in [1.54, 1.807) is 41.5 Å². The molecule has 1 amide bonds. The van der Waals surface area contributed by atoms with Crippen LogP contribution in [-0.4, -0.2) is 43.2 Å². The molecule has 0 aliphatic carbocycles. The molecule has 0 bridgehead atoms. The second-order valence-corrected chi connectivity index (χ2v) is 9.72. The molecule has 0 spiro atoms. The van der Waals surface area contributed by atoms with Crippen LogP contribution in [0.4, 0.5) is 0 Å². The van der Waals surface area contributed by atoms with E-state index in [4.69, 9.17) is 4.42 Å². The predicted molar refractivity (Wildman–Crippen MR) is 124 cm³/mol. The van der Waals surface area contributed by atoms with E-state index < -0.39 is 10.0 Å². The average Bonchev–Trinajstić information content (AvgIpc) is 3.30. The number of carbonyl (C=O) groups is 1. The molecule has 0 N–H and O–H groups in total. The number of nitrogens with zero attached hydrogens (tertiary/aromatic N) is 2. The Balaban J connectivity index is 1.78. The summed E-state index contributed by atoms with van der Waals surface area (Å²) >= 11 is 0. The van der Waals surface area contributed by atoms with Gasteiger partial charge in [0.2, 0.25) is 15.9 Å². The Morgan fingerprint density at radius 2 is 1.66 bits per heavy atom. The average molecular weight is 455 g/mol. The SMILES string of the molecule is CCCN(CC(=O)N(CCc1ccccc1)Cc1ccco1)S(=O)(=O)c1ccc(C)cc1. The third-order valence-electron chi connectivity index (χ3n) is 5.24. The third kappa shape index (κ3) is 6.31. The van der Waals surface area contributed by atoms with Crippen molar-refractivity contribution in [3.63, 3.8) is 0 Å². The van der Waals surface area contributed by atoms with Gasteiger partial charge in [-0.3, -0.25) is 4.79 Å². The Hall–Kier alpha value is -2.90. The molecule has 0 aliphatic heterocycles. The van der Waals surface area contributed by atoms with Gasteiger partial charge < -0.3 is 9.32 Å². The van der Waals surface area contributed by atoms with Crippen LogP contribution in [0.3, 0.4) is 0 Å². The summed E-state index contributed by atoms with van der Waals surface area (Å²) in [5.41, 5.74) is 2.09. The fourth-order valence-electron chi connectivity index (χ4n) is 3.44. The molecule has 1 heterocycles. The maximum atomic E-state index is 13.3. The predicted octanol–water partition coefficient (Wildman–Crippen LogP) is 4.26. The minimum absolute atomic E-state index is 0.200. The topological polar surface area (TPSA) is 70.8 Å². The molecule has 0 aliphatic rings. The van der Waals surface area contributed by atoms with E-state index in [-0.39, 0.29) is 23.9 Å². The summed E-state index contributed by atoms with van der Waals surface area (Å²) in [6.07, 6.45) is 2.85. The molecule has 1 aromatic heterocycles. The summed E-state index contributed by atoms with van der Waals surface area (Å²) in [5, 5.41) is 0. The number of carbonyl (C=O) groups excluding carboxylic acids is 1. The first-order chi connectivity index (χ1) is 15.4. The van der Waals surface area contributed by atoms with Gasteiger partial charge in [-0.25, -0.2) is 8.42 Å². The number of aryl methyl sites for hydroxylation is 1. The van der Waals surface area contributed by atoms with Crippen molar-refractivity contribution in [2.24, 2.45) is 0 Å². The van der Waals surface area contributed by atoms with E-state index in [9.17, 15) is 13.2 Å². The van der Waals surface area contributed by atoms with E-state index in [0.29, 0.717) is 31.7 Å². The number of furan rings is 1. The lowest BCUT2D eigenvalue weighted by Crippen LogP contribution is -2.43. The van der Waals surface area contributed by atoms with Crippen molar-refractivity contribution >= 4 is 15.9 Å². The van der Waals surface area contributed by atoms with Crippen LogP contribution in [0.1, 0.15) is 30.2 Å². The molecule has 0 atom stereocenters. The smallest absolute Gasteiger partial charge is 0.243 e. The fourth-order valence-corrected chi connectivity index (χ4v) is 4.92. The molecule has 0 unspecified atom stereocenters. The summed E-state index contributed by atoms with van der Waals surface area (Å²) in [5.74, 6) is 0.413. The summed E-state index contributed by atoms with van der Waals surface area (Å²) in [6, 6.07) is 20.2. The fraction of sp³-hybridized carbons (Fsp3) is 0.320. The summed E-state index contributed by atoms with van der Waals surface area (Å²) in [4.78, 5) is 15.2. The van der Waals surface area contributed by atoms with Crippen molar-refractivity contribution in [1.29, 1.82) is 0 Å². The van der Waals surface area contributed by atoms with Crippen LogP contribution in [0.2, 0.25) is 0 Å². The number of benzene rings is 2. The zero-order chi connectivity index (χ0) is 23.0. The molecule has 0 saturated carbocycles. The van der Waals surface area contributed by atoms with Gasteiger partial charge >= 0.3 is 0 Å². The highest BCUT2D eigenvalue weighted by molar-refractivity contribution is 7.89. The first-order valence-electron chi connectivity index (χ1n) is 10.8. The first-order valence-corrected chi connectivity index (χ1v) is 12.2. The van der Waals surface area contributed by atoms with Gasteiger partial charge in [0.1, 0.15) is 5.76 Å². The van der Waals surface area contributed by atoms with E-state index >= 15 is 0 Å². The molecule has 2 aromatic carbocycles. The standard InChI is InChI=1S/C25H30N2O4S/c1-3-16-27(32(29,30)24-13-11-21(2)12-14-24)20-25(28)26(19-23-10-7-18-31-23)17-15-22-8-5-4-6-9-22/h4-14,18H,3,15-17,19-20H2,1-2H3. The molecule has 0 fully saturated rings. The summed E-state index contributed by atoms with van der Waals surface area (Å²) in [7, 11) is -3.78. The zero-order valence-corrected chi connectivity index (χ0v) is 19.4. The van der Waals surface area contributed by atoms with Crippen molar-refractivity contribution in [2.75, 3.05) is 19.6 Å². The van der Waals surface area contributed by atoms with Gasteiger partial charge in [0.15, 0.2) is 0 Å². The van der Waals surface area contributed by atoms with Gasteiger partial charge in [0, 0.05) is 13.1 Å². The van der Waals surface area contributed by atoms with Crippen molar-refractivity contribution in [1.82, 2.24) is 9.21 Å². The van der Waals surface area contributed by atoms with Crippen molar-refractivity contribution in [3.05, 3.63) is 89.9 Å². The number of rotatable bonds is 11. The van der Waals surface area contributed by atoms with Gasteiger partial charge in [0.05, 0.1) is 24.2 Å². The Morgan fingerprint density at radius 3 is 2.28 bits per heavy atom. The van der Waals surface area contributed by atoms with Crippen LogP contribution in [-0.2, 0) is 27.8 Å². The van der Waals surface area contributed by atoms with Crippen LogP contribution < -0.4 is 0 Å². The van der Waals surface area contributed by atoms with Crippen LogP contribution >= 0.6 is 0 Å². The highest BCUT2D eigenvalue weighted by Crippen LogP contribution is 2.18. The number of amides is 1. The molecular weight excluding hydrogens is 424 g/mol. The van der Waals surface area contributed by atoms with E-state index in [1.807, 2.05) is 50.2 Å².